The summed E-state index contributed by atoms with van der Waals surface area (Å²) in [7, 11) is 1.74. The Balaban J connectivity index is 1.84. The lowest BCUT2D eigenvalue weighted by atomic mass is 9.64. The maximum atomic E-state index is 11.9. The average molecular weight is 226 g/mol. The van der Waals surface area contributed by atoms with Gasteiger partial charge >= 0.3 is 0 Å². The van der Waals surface area contributed by atoms with Gasteiger partial charge < -0.3 is 15.4 Å². The van der Waals surface area contributed by atoms with Gasteiger partial charge in [-0.15, -0.1) is 0 Å². The highest BCUT2D eigenvalue weighted by Gasteiger charge is 2.49. The van der Waals surface area contributed by atoms with Crippen molar-refractivity contribution in [2.45, 2.75) is 51.3 Å². The first-order valence-electron chi connectivity index (χ1n) is 6.12. The van der Waals surface area contributed by atoms with Crippen LogP contribution in [0.2, 0.25) is 0 Å². The van der Waals surface area contributed by atoms with Crippen molar-refractivity contribution in [2.24, 2.45) is 5.41 Å². The molecule has 4 heteroatoms. The highest BCUT2D eigenvalue weighted by molar-refractivity contribution is 5.82. The summed E-state index contributed by atoms with van der Waals surface area (Å²) in [6.45, 7) is 5.27. The lowest BCUT2D eigenvalue weighted by Crippen LogP contribution is -2.63. The van der Waals surface area contributed by atoms with Crippen molar-refractivity contribution in [1.82, 2.24) is 10.6 Å². The van der Waals surface area contributed by atoms with Gasteiger partial charge in [0.2, 0.25) is 5.91 Å². The number of methoxy groups -OCH3 is 1. The van der Waals surface area contributed by atoms with E-state index in [2.05, 4.69) is 24.5 Å². The van der Waals surface area contributed by atoms with Crippen LogP contribution in [-0.2, 0) is 9.53 Å². The maximum Gasteiger partial charge on any atom is 0.237 e. The molecule has 0 aromatic carbocycles. The molecule has 0 bridgehead atoms. The van der Waals surface area contributed by atoms with Gasteiger partial charge in [0.15, 0.2) is 0 Å². The van der Waals surface area contributed by atoms with E-state index in [0.29, 0.717) is 0 Å². The summed E-state index contributed by atoms with van der Waals surface area (Å²) in [4.78, 5) is 11.9. The van der Waals surface area contributed by atoms with E-state index in [9.17, 15) is 4.79 Å². The SMILES string of the molecule is COC1CC(NC(=O)C2CCCN2)C1(C)C. The van der Waals surface area contributed by atoms with Gasteiger partial charge in [0, 0.05) is 18.6 Å². The van der Waals surface area contributed by atoms with Gasteiger partial charge in [-0.2, -0.15) is 0 Å². The van der Waals surface area contributed by atoms with Crippen LogP contribution in [-0.4, -0.2) is 37.7 Å². The molecule has 92 valence electrons. The molecule has 16 heavy (non-hydrogen) atoms. The van der Waals surface area contributed by atoms with E-state index >= 15 is 0 Å². The van der Waals surface area contributed by atoms with Gasteiger partial charge in [0.05, 0.1) is 12.1 Å². The van der Waals surface area contributed by atoms with Crippen LogP contribution < -0.4 is 10.6 Å². The van der Waals surface area contributed by atoms with E-state index in [1.54, 1.807) is 7.11 Å². The second kappa shape index (κ2) is 4.34. The molecule has 0 spiro atoms. The van der Waals surface area contributed by atoms with Crippen molar-refractivity contribution in [3.8, 4) is 0 Å². The van der Waals surface area contributed by atoms with Gasteiger partial charge in [0.25, 0.3) is 0 Å². The highest BCUT2D eigenvalue weighted by Crippen LogP contribution is 2.42. The van der Waals surface area contributed by atoms with E-state index in [1.807, 2.05) is 0 Å². The van der Waals surface area contributed by atoms with Crippen LogP contribution in [0.3, 0.4) is 0 Å². The molecule has 2 aliphatic rings. The van der Waals surface area contributed by atoms with Crippen molar-refractivity contribution >= 4 is 5.91 Å². The van der Waals surface area contributed by atoms with Gasteiger partial charge in [0.1, 0.15) is 0 Å². The second-order valence-corrected chi connectivity index (χ2v) is 5.49. The number of carbonyl (C=O) groups is 1. The van der Waals surface area contributed by atoms with Crippen molar-refractivity contribution in [3.63, 3.8) is 0 Å². The van der Waals surface area contributed by atoms with E-state index < -0.39 is 0 Å². The molecule has 1 heterocycles. The topological polar surface area (TPSA) is 50.4 Å². The molecule has 3 unspecified atom stereocenters. The van der Waals surface area contributed by atoms with Crippen molar-refractivity contribution in [3.05, 3.63) is 0 Å². The zero-order valence-electron chi connectivity index (χ0n) is 10.4. The first kappa shape index (κ1) is 11.9. The molecule has 4 nitrogen and oxygen atoms in total. The minimum atomic E-state index is 0.0254. The normalized spacial score (nSPS) is 36.8. The highest BCUT2D eigenvalue weighted by atomic mass is 16.5. The summed E-state index contributed by atoms with van der Waals surface area (Å²) in [5.41, 5.74) is 0.0585. The Kier molecular flexibility index (Phi) is 3.22. The van der Waals surface area contributed by atoms with E-state index in [1.165, 1.54) is 0 Å². The fraction of sp³-hybridized carbons (Fsp3) is 0.917. The maximum absolute atomic E-state index is 11.9. The van der Waals surface area contributed by atoms with E-state index in [-0.39, 0.29) is 29.5 Å². The zero-order valence-corrected chi connectivity index (χ0v) is 10.4. The summed E-state index contributed by atoms with van der Waals surface area (Å²) in [5, 5.41) is 6.35. The van der Waals surface area contributed by atoms with Crippen molar-refractivity contribution in [2.75, 3.05) is 13.7 Å². The Morgan fingerprint density at radius 3 is 2.75 bits per heavy atom. The molecule has 1 saturated heterocycles. The van der Waals surface area contributed by atoms with E-state index in [0.717, 1.165) is 25.8 Å². The first-order chi connectivity index (χ1) is 7.55. The fourth-order valence-electron chi connectivity index (χ4n) is 2.71. The number of amides is 1. The predicted octanol–water partition coefficient (Wildman–Crippen LogP) is 0.668. The van der Waals surface area contributed by atoms with Crippen LogP contribution >= 0.6 is 0 Å². The number of rotatable bonds is 3. The molecule has 2 rings (SSSR count). The molecular weight excluding hydrogens is 204 g/mol. The summed E-state index contributed by atoms with van der Waals surface area (Å²) >= 11 is 0. The Hall–Kier alpha value is -0.610. The van der Waals surface area contributed by atoms with Gasteiger partial charge in [-0.1, -0.05) is 13.8 Å². The number of ether oxygens (including phenoxy) is 1. The molecule has 0 aromatic heterocycles. The Morgan fingerprint density at radius 1 is 1.50 bits per heavy atom. The van der Waals surface area contributed by atoms with Crippen LogP contribution in [0.25, 0.3) is 0 Å². The molecule has 0 aromatic rings. The standard InChI is InChI=1S/C12H22N2O2/c1-12(2)9(7-10(12)16-3)14-11(15)8-5-4-6-13-8/h8-10,13H,4-7H2,1-3H3,(H,14,15). The quantitative estimate of drug-likeness (QED) is 0.743. The molecular formula is C12H22N2O2. The van der Waals surface area contributed by atoms with Crippen LogP contribution in [0.15, 0.2) is 0 Å². The number of hydrogen-bond acceptors (Lipinski definition) is 3. The Bertz CT molecular complexity index is 272. The third-order valence-electron chi connectivity index (χ3n) is 4.16. The van der Waals surface area contributed by atoms with E-state index in [4.69, 9.17) is 4.74 Å². The number of carbonyl (C=O) groups excluding carboxylic acids is 1. The first-order valence-corrected chi connectivity index (χ1v) is 6.12. The monoisotopic (exact) mass is 226 g/mol. The number of nitrogens with one attached hydrogen (secondary N) is 2. The summed E-state index contributed by atoms with van der Waals surface area (Å²) < 4.78 is 5.37. The second-order valence-electron chi connectivity index (χ2n) is 5.49. The van der Waals surface area contributed by atoms with Crippen molar-refractivity contribution < 1.29 is 9.53 Å². The van der Waals surface area contributed by atoms with Gasteiger partial charge in [-0.3, -0.25) is 4.79 Å². The molecule has 1 aliphatic heterocycles. The van der Waals surface area contributed by atoms with Crippen molar-refractivity contribution in [1.29, 1.82) is 0 Å². The molecule has 1 amide bonds. The minimum Gasteiger partial charge on any atom is -0.381 e. The summed E-state index contributed by atoms with van der Waals surface area (Å²) in [6, 6.07) is 0.282. The number of hydrogen-bond donors (Lipinski definition) is 2. The lowest BCUT2D eigenvalue weighted by Gasteiger charge is -2.51. The Labute approximate surface area is 97.1 Å². The van der Waals surface area contributed by atoms with Gasteiger partial charge in [-0.05, 0) is 25.8 Å². The molecule has 0 radical (unpaired) electrons. The van der Waals surface area contributed by atoms with Crippen LogP contribution in [0.5, 0.6) is 0 Å². The van der Waals surface area contributed by atoms with Gasteiger partial charge in [-0.25, -0.2) is 0 Å². The fourth-order valence-corrected chi connectivity index (χ4v) is 2.71. The summed E-state index contributed by atoms with van der Waals surface area (Å²) in [5.74, 6) is 0.158. The molecule has 2 N–H and O–H groups in total. The third-order valence-corrected chi connectivity index (χ3v) is 4.16. The van der Waals surface area contributed by atoms with Crippen LogP contribution in [0.1, 0.15) is 33.1 Å². The molecule has 1 saturated carbocycles. The summed E-state index contributed by atoms with van der Waals surface area (Å²) in [6.07, 6.45) is 3.27. The molecule has 1 aliphatic carbocycles. The molecule has 3 atom stereocenters. The van der Waals surface area contributed by atoms with Crippen LogP contribution in [0, 0.1) is 5.41 Å². The minimum absolute atomic E-state index is 0.0254. The van der Waals surface area contributed by atoms with Crippen LogP contribution in [0.4, 0.5) is 0 Å². The zero-order chi connectivity index (χ0) is 11.8. The lowest BCUT2D eigenvalue weighted by molar-refractivity contribution is -0.134. The molecule has 2 fully saturated rings. The predicted molar refractivity (Wildman–Crippen MR) is 62.2 cm³/mol. The Morgan fingerprint density at radius 2 is 2.25 bits per heavy atom. The largest absolute Gasteiger partial charge is 0.381 e. The smallest absolute Gasteiger partial charge is 0.237 e. The third kappa shape index (κ3) is 1.96. The average Bonchev–Trinajstić information content (AvgIpc) is 2.76.